The number of nitrogens with one attached hydrogen (secondary N) is 1. The fraction of sp³-hybridized carbons (Fsp3) is 0.462. The molecule has 2 rings (SSSR count). The van der Waals surface area contributed by atoms with Crippen LogP contribution < -0.4 is 14.4 Å². The zero-order valence-electron chi connectivity index (χ0n) is 21.8. The smallest absolute Gasteiger partial charge is 0.244 e. The Morgan fingerprint density at radius 3 is 2.08 bits per heavy atom. The first-order chi connectivity index (χ1) is 17.4. The lowest BCUT2D eigenvalue weighted by Crippen LogP contribution is -2.53. The Morgan fingerprint density at radius 2 is 1.59 bits per heavy atom. The van der Waals surface area contributed by atoms with Crippen molar-refractivity contribution in [3.05, 3.63) is 58.1 Å². The van der Waals surface area contributed by atoms with Gasteiger partial charge in [-0.05, 0) is 63.1 Å². The standard InChI is InChI=1S/C26H35Cl2N3O5S/c1-6-18(4)29-26(33)24(7-2)30(16-21-22(27)10-9-11-23(21)28)25(32)17-31(37(5,34)35)19-12-14-20(15-13-19)36-8-3/h9-15,18,24H,6-8,16-17H2,1-5H3,(H,29,33)/t18-,24-/m0/s1. The van der Waals surface area contributed by atoms with E-state index in [0.29, 0.717) is 46.5 Å². The maximum absolute atomic E-state index is 13.8. The molecule has 2 atom stereocenters. The fourth-order valence-electron chi connectivity index (χ4n) is 3.70. The molecule has 0 aliphatic rings. The monoisotopic (exact) mass is 571 g/mol. The van der Waals surface area contributed by atoms with Crippen LogP contribution in [-0.2, 0) is 26.2 Å². The Kier molecular flexibility index (Phi) is 11.5. The number of anilines is 1. The molecule has 0 aliphatic carbocycles. The highest BCUT2D eigenvalue weighted by atomic mass is 35.5. The summed E-state index contributed by atoms with van der Waals surface area (Å²) in [7, 11) is -3.84. The number of ether oxygens (including phenoxy) is 1. The number of rotatable bonds is 13. The number of amides is 2. The Labute approximate surface area is 229 Å². The molecule has 11 heteroatoms. The Hall–Kier alpha value is -2.49. The van der Waals surface area contributed by atoms with Crippen LogP contribution in [0.2, 0.25) is 10.0 Å². The van der Waals surface area contributed by atoms with Gasteiger partial charge in [0, 0.05) is 28.2 Å². The Balaban J connectivity index is 2.48. The van der Waals surface area contributed by atoms with Crippen molar-refractivity contribution in [1.82, 2.24) is 10.2 Å². The summed E-state index contributed by atoms with van der Waals surface area (Å²) in [5, 5.41) is 3.60. The molecule has 0 spiro atoms. The number of carbonyl (C=O) groups is 2. The van der Waals surface area contributed by atoms with Gasteiger partial charge in [-0.3, -0.25) is 13.9 Å². The van der Waals surface area contributed by atoms with Gasteiger partial charge in [-0.25, -0.2) is 8.42 Å². The van der Waals surface area contributed by atoms with Crippen LogP contribution in [0.3, 0.4) is 0 Å². The van der Waals surface area contributed by atoms with Gasteiger partial charge < -0.3 is 15.0 Å². The van der Waals surface area contributed by atoms with E-state index in [2.05, 4.69) is 5.32 Å². The first-order valence-electron chi connectivity index (χ1n) is 12.2. The summed E-state index contributed by atoms with van der Waals surface area (Å²) in [5.74, 6) is -0.324. The van der Waals surface area contributed by atoms with Gasteiger partial charge in [0.25, 0.3) is 0 Å². The minimum atomic E-state index is -3.84. The molecule has 1 N–H and O–H groups in total. The zero-order chi connectivity index (χ0) is 27.8. The van der Waals surface area contributed by atoms with Gasteiger partial charge in [-0.2, -0.15) is 0 Å². The molecule has 0 radical (unpaired) electrons. The molecule has 0 aromatic heterocycles. The fourth-order valence-corrected chi connectivity index (χ4v) is 5.07. The second-order valence-electron chi connectivity index (χ2n) is 8.66. The first-order valence-corrected chi connectivity index (χ1v) is 14.8. The van der Waals surface area contributed by atoms with Gasteiger partial charge in [0.1, 0.15) is 18.3 Å². The molecular formula is C26H35Cl2N3O5S. The van der Waals surface area contributed by atoms with Crippen molar-refractivity contribution < 1.29 is 22.7 Å². The van der Waals surface area contributed by atoms with Crippen molar-refractivity contribution in [3.8, 4) is 5.75 Å². The van der Waals surface area contributed by atoms with Crippen LogP contribution in [0.15, 0.2) is 42.5 Å². The average Bonchev–Trinajstić information content (AvgIpc) is 2.84. The van der Waals surface area contributed by atoms with Crippen LogP contribution in [0.1, 0.15) is 46.1 Å². The molecule has 0 heterocycles. The van der Waals surface area contributed by atoms with Crippen molar-refractivity contribution >= 4 is 50.7 Å². The quantitative estimate of drug-likeness (QED) is 0.369. The Bertz CT molecular complexity index is 1150. The number of halogens is 2. The van der Waals surface area contributed by atoms with Gasteiger partial charge in [0.15, 0.2) is 0 Å². The van der Waals surface area contributed by atoms with E-state index in [0.717, 1.165) is 10.6 Å². The minimum Gasteiger partial charge on any atom is -0.494 e. The highest BCUT2D eigenvalue weighted by molar-refractivity contribution is 7.92. The number of sulfonamides is 1. The van der Waals surface area contributed by atoms with Crippen molar-refractivity contribution in [2.24, 2.45) is 0 Å². The van der Waals surface area contributed by atoms with Crippen LogP contribution in [0.25, 0.3) is 0 Å². The number of hydrogen-bond acceptors (Lipinski definition) is 5. The molecule has 2 amide bonds. The van der Waals surface area contributed by atoms with Crippen molar-refractivity contribution in [1.29, 1.82) is 0 Å². The number of benzene rings is 2. The summed E-state index contributed by atoms with van der Waals surface area (Å²) in [5.41, 5.74) is 0.771. The van der Waals surface area contributed by atoms with Gasteiger partial charge >= 0.3 is 0 Å². The molecule has 8 nitrogen and oxygen atoms in total. The van der Waals surface area contributed by atoms with Crippen LogP contribution >= 0.6 is 23.2 Å². The van der Waals surface area contributed by atoms with Crippen LogP contribution in [0, 0.1) is 0 Å². The SMILES string of the molecule is CCOc1ccc(N(CC(=O)N(Cc2c(Cl)cccc2Cl)[C@@H](CC)C(=O)N[C@@H](C)CC)S(C)(=O)=O)cc1. The number of nitrogens with zero attached hydrogens (tertiary/aromatic N) is 2. The van der Waals surface area contributed by atoms with Gasteiger partial charge in [0.05, 0.1) is 18.6 Å². The van der Waals surface area contributed by atoms with E-state index in [1.807, 2.05) is 20.8 Å². The molecule has 0 saturated carbocycles. The van der Waals surface area contributed by atoms with E-state index in [9.17, 15) is 18.0 Å². The summed E-state index contributed by atoms with van der Waals surface area (Å²) in [6.07, 6.45) is 2.04. The van der Waals surface area contributed by atoms with Crippen LogP contribution in [-0.4, -0.2) is 56.6 Å². The molecule has 37 heavy (non-hydrogen) atoms. The third kappa shape index (κ3) is 8.51. The number of carbonyl (C=O) groups excluding carboxylic acids is 2. The van der Waals surface area contributed by atoms with Crippen molar-refractivity contribution in [2.45, 2.75) is 59.2 Å². The van der Waals surface area contributed by atoms with Gasteiger partial charge in [-0.1, -0.05) is 43.1 Å². The lowest BCUT2D eigenvalue weighted by atomic mass is 10.1. The highest BCUT2D eigenvalue weighted by Gasteiger charge is 2.33. The zero-order valence-corrected chi connectivity index (χ0v) is 24.2. The van der Waals surface area contributed by atoms with Crippen molar-refractivity contribution in [3.63, 3.8) is 0 Å². The Morgan fingerprint density at radius 1 is 1.00 bits per heavy atom. The van der Waals surface area contributed by atoms with Crippen LogP contribution in [0.5, 0.6) is 5.75 Å². The third-order valence-electron chi connectivity index (χ3n) is 5.89. The molecule has 2 aromatic carbocycles. The largest absolute Gasteiger partial charge is 0.494 e. The van der Waals surface area contributed by atoms with Gasteiger partial charge in [0.2, 0.25) is 21.8 Å². The lowest BCUT2D eigenvalue weighted by molar-refractivity contribution is -0.140. The molecule has 0 saturated heterocycles. The van der Waals surface area contributed by atoms with E-state index in [4.69, 9.17) is 27.9 Å². The van der Waals surface area contributed by atoms with E-state index in [1.54, 1.807) is 49.4 Å². The summed E-state index contributed by atoms with van der Waals surface area (Å²) in [6, 6.07) is 10.4. The maximum Gasteiger partial charge on any atom is 0.244 e. The second-order valence-corrected chi connectivity index (χ2v) is 11.4. The first kappa shape index (κ1) is 30.7. The van der Waals surface area contributed by atoms with Gasteiger partial charge in [-0.15, -0.1) is 0 Å². The predicted octanol–water partition coefficient (Wildman–Crippen LogP) is 4.88. The summed E-state index contributed by atoms with van der Waals surface area (Å²) >= 11 is 12.8. The van der Waals surface area contributed by atoms with E-state index in [-0.39, 0.29) is 18.5 Å². The molecule has 2 aromatic rings. The second kappa shape index (κ2) is 13.9. The molecule has 0 fully saturated rings. The normalized spacial score (nSPS) is 12.9. The molecule has 0 unspecified atom stereocenters. The minimum absolute atomic E-state index is 0.0648. The summed E-state index contributed by atoms with van der Waals surface area (Å²) < 4.78 is 31.9. The molecule has 0 aliphatic heterocycles. The molecule has 204 valence electrons. The predicted molar refractivity (Wildman–Crippen MR) is 149 cm³/mol. The number of hydrogen-bond donors (Lipinski definition) is 1. The van der Waals surface area contributed by atoms with E-state index in [1.165, 1.54) is 4.90 Å². The van der Waals surface area contributed by atoms with E-state index < -0.39 is 28.5 Å². The summed E-state index contributed by atoms with van der Waals surface area (Å²) in [6.45, 7) is 7.34. The summed E-state index contributed by atoms with van der Waals surface area (Å²) in [4.78, 5) is 28.3. The molecular weight excluding hydrogens is 537 g/mol. The van der Waals surface area contributed by atoms with Crippen molar-refractivity contribution in [2.75, 3.05) is 23.7 Å². The van der Waals surface area contributed by atoms with E-state index >= 15 is 0 Å². The maximum atomic E-state index is 13.8. The highest BCUT2D eigenvalue weighted by Crippen LogP contribution is 2.28. The topological polar surface area (TPSA) is 96.0 Å². The third-order valence-corrected chi connectivity index (χ3v) is 7.74. The average molecular weight is 573 g/mol. The van der Waals surface area contributed by atoms with Crippen LogP contribution in [0.4, 0.5) is 5.69 Å². The molecule has 0 bridgehead atoms. The lowest BCUT2D eigenvalue weighted by Gasteiger charge is -2.33.